The van der Waals surface area contributed by atoms with Crippen LogP contribution in [-0.4, -0.2) is 16.3 Å². The van der Waals surface area contributed by atoms with Crippen molar-refractivity contribution in [3.63, 3.8) is 0 Å². The van der Waals surface area contributed by atoms with Crippen LogP contribution < -0.4 is 0 Å². The van der Waals surface area contributed by atoms with Crippen molar-refractivity contribution >= 4 is 0 Å². The van der Waals surface area contributed by atoms with Crippen LogP contribution in [0.2, 0.25) is 0 Å². The molecule has 2 N–H and O–H groups in total. The van der Waals surface area contributed by atoms with Gasteiger partial charge in [0.05, 0.1) is 12.4 Å². The molecule has 0 radical (unpaired) electrons. The molecule has 0 unspecified atom stereocenters. The Kier molecular flexibility index (Phi) is 2.75. The Morgan fingerprint density at radius 3 is 2.20 bits per heavy atom. The fraction of sp³-hybridized carbons (Fsp3) is 0.750. The van der Waals surface area contributed by atoms with Crippen molar-refractivity contribution in [3.05, 3.63) is 12.3 Å². The zero-order valence-electron chi connectivity index (χ0n) is 6.03. The Morgan fingerprint density at radius 1 is 1.10 bits per heavy atom. The predicted octanol–water partition coefficient (Wildman–Crippen LogP) is 1.61. The van der Waals surface area contributed by atoms with Gasteiger partial charge in [-0.2, -0.15) is 0 Å². The second-order valence-electron chi connectivity index (χ2n) is 2.91. The van der Waals surface area contributed by atoms with Crippen molar-refractivity contribution in [1.29, 1.82) is 0 Å². The van der Waals surface area contributed by atoms with E-state index in [0.29, 0.717) is 5.92 Å². The third-order valence-electron chi connectivity index (χ3n) is 2.10. The third-order valence-corrected chi connectivity index (χ3v) is 2.10. The van der Waals surface area contributed by atoms with Crippen molar-refractivity contribution in [3.8, 4) is 0 Å². The number of rotatable bonds is 1. The summed E-state index contributed by atoms with van der Waals surface area (Å²) >= 11 is 0. The van der Waals surface area contributed by atoms with E-state index in [-0.39, 0.29) is 6.10 Å². The number of aliphatic hydroxyl groups is 2. The number of aliphatic hydroxyl groups excluding tert-OH is 2. The highest BCUT2D eigenvalue weighted by atomic mass is 16.3. The molecule has 58 valence electrons. The summed E-state index contributed by atoms with van der Waals surface area (Å²) < 4.78 is 0. The molecule has 10 heavy (non-hydrogen) atoms. The highest BCUT2D eigenvalue weighted by molar-refractivity contribution is 4.86. The first-order valence-electron chi connectivity index (χ1n) is 3.82. The quantitative estimate of drug-likeness (QED) is 0.546. The predicted molar refractivity (Wildman–Crippen MR) is 39.7 cm³/mol. The molecule has 0 aliphatic heterocycles. The van der Waals surface area contributed by atoms with E-state index in [2.05, 4.69) is 0 Å². The van der Waals surface area contributed by atoms with Gasteiger partial charge in [0.15, 0.2) is 0 Å². The van der Waals surface area contributed by atoms with E-state index < -0.39 is 0 Å². The highest BCUT2D eigenvalue weighted by Gasteiger charge is 2.16. The van der Waals surface area contributed by atoms with Crippen LogP contribution in [0.1, 0.15) is 25.7 Å². The van der Waals surface area contributed by atoms with E-state index in [4.69, 9.17) is 10.2 Å². The average Bonchev–Trinajstić information content (AvgIpc) is 1.95. The Morgan fingerprint density at radius 2 is 1.70 bits per heavy atom. The summed E-state index contributed by atoms with van der Waals surface area (Å²) in [7, 11) is 0. The van der Waals surface area contributed by atoms with Crippen LogP contribution in [0.4, 0.5) is 0 Å². The van der Waals surface area contributed by atoms with Gasteiger partial charge < -0.3 is 10.2 Å². The largest absolute Gasteiger partial charge is 0.516 e. The zero-order chi connectivity index (χ0) is 7.40. The Balaban J connectivity index is 2.26. The molecule has 1 aliphatic rings. The molecule has 1 aliphatic carbocycles. The van der Waals surface area contributed by atoms with E-state index in [1.165, 1.54) is 0 Å². The van der Waals surface area contributed by atoms with Crippen molar-refractivity contribution in [2.45, 2.75) is 31.8 Å². The molecule has 1 fully saturated rings. The van der Waals surface area contributed by atoms with Gasteiger partial charge >= 0.3 is 0 Å². The van der Waals surface area contributed by atoms with Gasteiger partial charge in [0, 0.05) is 0 Å². The van der Waals surface area contributed by atoms with Gasteiger partial charge in [-0.05, 0) is 37.7 Å². The summed E-state index contributed by atoms with van der Waals surface area (Å²) in [6.07, 6.45) is 6.62. The molecule has 0 heterocycles. The van der Waals surface area contributed by atoms with Crippen molar-refractivity contribution in [1.82, 2.24) is 0 Å². The Bertz CT molecular complexity index is 112. The van der Waals surface area contributed by atoms with Crippen LogP contribution >= 0.6 is 0 Å². The average molecular weight is 142 g/mol. The first-order chi connectivity index (χ1) is 4.83. The van der Waals surface area contributed by atoms with E-state index in [9.17, 15) is 0 Å². The summed E-state index contributed by atoms with van der Waals surface area (Å²) in [6, 6.07) is 0. The van der Waals surface area contributed by atoms with Gasteiger partial charge in [-0.15, -0.1) is 0 Å². The van der Waals surface area contributed by atoms with Crippen LogP contribution in [-0.2, 0) is 0 Å². The Labute approximate surface area is 61.2 Å². The first-order valence-corrected chi connectivity index (χ1v) is 3.82. The second-order valence-corrected chi connectivity index (χ2v) is 2.91. The minimum Gasteiger partial charge on any atom is -0.516 e. The lowest BCUT2D eigenvalue weighted by Crippen LogP contribution is -2.16. The summed E-state index contributed by atoms with van der Waals surface area (Å²) in [5.41, 5.74) is 0. The van der Waals surface area contributed by atoms with Crippen LogP contribution in [0.3, 0.4) is 0 Å². The molecule has 0 aromatic heterocycles. The lowest BCUT2D eigenvalue weighted by Gasteiger charge is -2.22. The maximum Gasteiger partial charge on any atom is 0.0754 e. The minimum absolute atomic E-state index is 0.0941. The summed E-state index contributed by atoms with van der Waals surface area (Å²) in [5, 5.41) is 17.5. The van der Waals surface area contributed by atoms with Crippen LogP contribution in [0.25, 0.3) is 0 Å². The number of hydrogen-bond donors (Lipinski definition) is 2. The molecule has 0 aromatic rings. The molecule has 0 amide bonds. The standard InChI is InChI=1S/C8H14O2/c9-6-5-7-1-3-8(10)4-2-7/h5-10H,1-4H2. The van der Waals surface area contributed by atoms with Gasteiger partial charge in [0.25, 0.3) is 0 Å². The van der Waals surface area contributed by atoms with E-state index in [0.717, 1.165) is 31.9 Å². The first kappa shape index (κ1) is 7.61. The molecular weight excluding hydrogens is 128 g/mol. The third kappa shape index (κ3) is 2.03. The Hall–Kier alpha value is -0.500. The molecule has 0 aromatic carbocycles. The van der Waals surface area contributed by atoms with Crippen molar-refractivity contribution in [2.24, 2.45) is 5.92 Å². The zero-order valence-corrected chi connectivity index (χ0v) is 6.03. The lowest BCUT2D eigenvalue weighted by atomic mass is 9.88. The minimum atomic E-state index is -0.0941. The van der Waals surface area contributed by atoms with E-state index in [1.807, 2.05) is 6.08 Å². The lowest BCUT2D eigenvalue weighted by molar-refractivity contribution is 0.117. The van der Waals surface area contributed by atoms with Gasteiger partial charge in [-0.1, -0.05) is 0 Å². The topological polar surface area (TPSA) is 40.5 Å². The molecule has 0 atom stereocenters. The molecule has 2 nitrogen and oxygen atoms in total. The molecule has 2 heteroatoms. The number of allylic oxidation sites excluding steroid dienone is 1. The van der Waals surface area contributed by atoms with E-state index >= 15 is 0 Å². The van der Waals surface area contributed by atoms with Gasteiger partial charge in [0.2, 0.25) is 0 Å². The monoisotopic (exact) mass is 142 g/mol. The maximum absolute atomic E-state index is 9.11. The highest BCUT2D eigenvalue weighted by Crippen LogP contribution is 2.24. The fourth-order valence-corrected chi connectivity index (χ4v) is 1.42. The molecule has 0 spiro atoms. The summed E-state index contributed by atoms with van der Waals surface area (Å²) in [4.78, 5) is 0. The summed E-state index contributed by atoms with van der Waals surface area (Å²) in [5.74, 6) is 0.494. The molecule has 0 saturated heterocycles. The fourth-order valence-electron chi connectivity index (χ4n) is 1.42. The van der Waals surface area contributed by atoms with Gasteiger partial charge in [-0.25, -0.2) is 0 Å². The van der Waals surface area contributed by atoms with E-state index in [1.54, 1.807) is 0 Å². The second kappa shape index (κ2) is 3.62. The van der Waals surface area contributed by atoms with Crippen LogP contribution in [0.15, 0.2) is 12.3 Å². The smallest absolute Gasteiger partial charge is 0.0754 e. The van der Waals surface area contributed by atoms with Crippen molar-refractivity contribution in [2.75, 3.05) is 0 Å². The molecule has 1 rings (SSSR count). The number of hydrogen-bond acceptors (Lipinski definition) is 2. The maximum atomic E-state index is 9.11. The normalized spacial score (nSPS) is 34.9. The van der Waals surface area contributed by atoms with Crippen molar-refractivity contribution < 1.29 is 10.2 Å². The van der Waals surface area contributed by atoms with Crippen LogP contribution in [0.5, 0.6) is 0 Å². The summed E-state index contributed by atoms with van der Waals surface area (Å²) in [6.45, 7) is 0. The van der Waals surface area contributed by atoms with Gasteiger partial charge in [-0.3, -0.25) is 0 Å². The van der Waals surface area contributed by atoms with Gasteiger partial charge in [0.1, 0.15) is 0 Å². The molecular formula is C8H14O2. The van der Waals surface area contributed by atoms with Crippen LogP contribution in [0, 0.1) is 5.92 Å². The molecule has 0 bridgehead atoms. The molecule has 1 saturated carbocycles. The SMILES string of the molecule is OC=CC1CCC(O)CC1.